The van der Waals surface area contributed by atoms with Crippen molar-refractivity contribution in [3.8, 4) is 28.3 Å². The monoisotopic (exact) mass is 389 g/mol. The fourth-order valence-electron chi connectivity index (χ4n) is 4.06. The maximum atomic E-state index is 9.63. The molecule has 5 aromatic rings. The third kappa shape index (κ3) is 2.95. The number of fused-ring (bicyclic) bond motifs is 3. The maximum absolute atomic E-state index is 9.63. The van der Waals surface area contributed by atoms with Gasteiger partial charge in [-0.15, -0.1) is 0 Å². The number of hydrogen-bond acceptors (Lipinski definition) is 1. The van der Waals surface area contributed by atoms with Crippen LogP contribution in [-0.2, 0) is 0 Å². The summed E-state index contributed by atoms with van der Waals surface area (Å²) in [7, 11) is 0. The highest BCUT2D eigenvalue weighted by Crippen LogP contribution is 2.39. The van der Waals surface area contributed by atoms with Gasteiger partial charge in [0.2, 0.25) is 0 Å². The molecule has 0 atom stereocenters. The van der Waals surface area contributed by atoms with Crippen molar-refractivity contribution in [1.29, 1.82) is 5.26 Å². The number of hydrogen-bond donors (Lipinski definition) is 0. The van der Waals surface area contributed by atoms with E-state index in [9.17, 15) is 5.26 Å². The molecule has 1 nitrogen and oxygen atoms in total. The van der Waals surface area contributed by atoms with Gasteiger partial charge in [0.25, 0.3) is 0 Å². The van der Waals surface area contributed by atoms with Crippen molar-refractivity contribution in [3.63, 3.8) is 0 Å². The van der Waals surface area contributed by atoms with Crippen molar-refractivity contribution >= 4 is 33.1 Å². The van der Waals surface area contributed by atoms with Gasteiger partial charge in [-0.25, -0.2) is 0 Å². The van der Waals surface area contributed by atoms with Crippen molar-refractivity contribution in [2.75, 3.05) is 0 Å². The molecule has 0 saturated heterocycles. The Morgan fingerprint density at radius 2 is 1.24 bits per heavy atom. The minimum atomic E-state index is 0.618. The zero-order chi connectivity index (χ0) is 19.8. The van der Waals surface area contributed by atoms with E-state index in [2.05, 4.69) is 72.8 Å². The van der Waals surface area contributed by atoms with Crippen LogP contribution in [0.1, 0.15) is 5.56 Å². The molecule has 0 aliphatic rings. The summed E-state index contributed by atoms with van der Waals surface area (Å²) in [6.07, 6.45) is 0. The fraction of sp³-hybridized carbons (Fsp3) is 0. The highest BCUT2D eigenvalue weighted by Gasteiger charge is 2.14. The summed E-state index contributed by atoms with van der Waals surface area (Å²) in [5.74, 6) is 0. The number of rotatable bonds is 2. The van der Waals surface area contributed by atoms with E-state index in [1.807, 2.05) is 18.2 Å². The van der Waals surface area contributed by atoms with Crippen molar-refractivity contribution in [2.24, 2.45) is 0 Å². The van der Waals surface area contributed by atoms with Gasteiger partial charge in [0.1, 0.15) is 0 Å². The second-order valence-corrected chi connectivity index (χ2v) is 7.47. The molecule has 0 spiro atoms. The van der Waals surface area contributed by atoms with Gasteiger partial charge in [0.05, 0.1) is 11.6 Å². The smallest absolute Gasteiger partial charge is 0.0998 e. The Morgan fingerprint density at radius 3 is 2.07 bits per heavy atom. The Kier molecular flexibility index (Phi) is 4.28. The summed E-state index contributed by atoms with van der Waals surface area (Å²) in [6.45, 7) is 0. The van der Waals surface area contributed by atoms with Crippen LogP contribution >= 0.6 is 11.6 Å². The lowest BCUT2D eigenvalue weighted by atomic mass is 9.89. The molecule has 0 bridgehead atoms. The molecule has 0 fully saturated rings. The van der Waals surface area contributed by atoms with Crippen molar-refractivity contribution in [2.45, 2.75) is 0 Å². The van der Waals surface area contributed by atoms with E-state index < -0.39 is 0 Å². The normalized spacial score (nSPS) is 10.9. The Bertz CT molecular complexity index is 1430. The van der Waals surface area contributed by atoms with E-state index in [1.54, 1.807) is 12.1 Å². The van der Waals surface area contributed by atoms with E-state index in [0.29, 0.717) is 10.6 Å². The molecule has 0 aliphatic carbocycles. The summed E-state index contributed by atoms with van der Waals surface area (Å²) in [6, 6.07) is 35.1. The standard InChI is InChI=1S/C27H16ClN/c28-20-14-12-19(17-29)27(16-20)25-9-4-3-8-23(25)24-11-5-10-22-21-7-2-1-6-18(21)13-15-26(22)24/h1-16H. The largest absolute Gasteiger partial charge is 0.192 e. The predicted molar refractivity (Wildman–Crippen MR) is 122 cm³/mol. The molecule has 29 heavy (non-hydrogen) atoms. The van der Waals surface area contributed by atoms with Gasteiger partial charge < -0.3 is 0 Å². The molecule has 2 heteroatoms. The first-order valence-electron chi connectivity index (χ1n) is 9.46. The number of halogens is 1. The zero-order valence-corrected chi connectivity index (χ0v) is 16.3. The minimum absolute atomic E-state index is 0.618. The van der Waals surface area contributed by atoms with Crippen LogP contribution in [0.3, 0.4) is 0 Å². The topological polar surface area (TPSA) is 23.8 Å². The second-order valence-electron chi connectivity index (χ2n) is 7.03. The van der Waals surface area contributed by atoms with Crippen molar-refractivity contribution < 1.29 is 0 Å². The van der Waals surface area contributed by atoms with E-state index in [4.69, 9.17) is 11.6 Å². The highest BCUT2D eigenvalue weighted by molar-refractivity contribution is 6.31. The van der Waals surface area contributed by atoms with Crippen LogP contribution < -0.4 is 0 Å². The van der Waals surface area contributed by atoms with Crippen molar-refractivity contribution in [1.82, 2.24) is 0 Å². The van der Waals surface area contributed by atoms with E-state index >= 15 is 0 Å². The van der Waals surface area contributed by atoms with Gasteiger partial charge in [-0.1, -0.05) is 90.5 Å². The van der Waals surface area contributed by atoms with E-state index in [-0.39, 0.29) is 0 Å². The van der Waals surface area contributed by atoms with Crippen LogP contribution in [0.25, 0.3) is 43.8 Å². The lowest BCUT2D eigenvalue weighted by Crippen LogP contribution is -1.90. The van der Waals surface area contributed by atoms with Crippen LogP contribution in [0.4, 0.5) is 0 Å². The van der Waals surface area contributed by atoms with Gasteiger partial charge in [-0.2, -0.15) is 5.26 Å². The Morgan fingerprint density at radius 1 is 0.552 bits per heavy atom. The lowest BCUT2D eigenvalue weighted by molar-refractivity contribution is 1.48. The molecule has 0 unspecified atom stereocenters. The second kappa shape index (κ2) is 7.09. The quantitative estimate of drug-likeness (QED) is 0.282. The Hall–Kier alpha value is -3.60. The molecule has 0 amide bonds. The summed E-state index contributed by atoms with van der Waals surface area (Å²) >= 11 is 6.27. The van der Waals surface area contributed by atoms with Crippen LogP contribution in [0.5, 0.6) is 0 Å². The zero-order valence-electron chi connectivity index (χ0n) is 15.6. The van der Waals surface area contributed by atoms with Crippen LogP contribution in [0.15, 0.2) is 97.1 Å². The molecule has 0 saturated carbocycles. The van der Waals surface area contributed by atoms with Crippen LogP contribution in [0, 0.1) is 11.3 Å². The van der Waals surface area contributed by atoms with Crippen LogP contribution in [-0.4, -0.2) is 0 Å². The molecular formula is C27H16ClN. The van der Waals surface area contributed by atoms with Crippen molar-refractivity contribution in [3.05, 3.63) is 108 Å². The van der Waals surface area contributed by atoms with Gasteiger partial charge in [0, 0.05) is 10.6 Å². The fourth-order valence-corrected chi connectivity index (χ4v) is 4.24. The summed E-state index contributed by atoms with van der Waals surface area (Å²) in [4.78, 5) is 0. The average Bonchev–Trinajstić information content (AvgIpc) is 2.78. The third-order valence-corrected chi connectivity index (χ3v) is 5.63. The Balaban J connectivity index is 1.83. The van der Waals surface area contributed by atoms with Gasteiger partial charge in [0.15, 0.2) is 0 Å². The van der Waals surface area contributed by atoms with Gasteiger partial charge in [-0.05, 0) is 56.4 Å². The molecule has 0 aliphatic heterocycles. The van der Waals surface area contributed by atoms with Gasteiger partial charge in [-0.3, -0.25) is 0 Å². The first-order valence-corrected chi connectivity index (χ1v) is 9.84. The SMILES string of the molecule is N#Cc1ccc(Cl)cc1-c1ccccc1-c1cccc2c1ccc1ccccc12. The molecule has 0 aromatic heterocycles. The first-order chi connectivity index (χ1) is 14.3. The highest BCUT2D eigenvalue weighted by atomic mass is 35.5. The maximum Gasteiger partial charge on any atom is 0.0998 e. The number of nitrogens with zero attached hydrogens (tertiary/aromatic N) is 1. The first kappa shape index (κ1) is 17.5. The summed E-state index contributed by atoms with van der Waals surface area (Å²) in [5.41, 5.74) is 4.72. The minimum Gasteiger partial charge on any atom is -0.192 e. The predicted octanol–water partition coefficient (Wildman–Crippen LogP) is 7.85. The number of benzene rings is 5. The molecule has 136 valence electrons. The average molecular weight is 390 g/mol. The molecule has 0 heterocycles. The molecule has 0 radical (unpaired) electrons. The molecule has 0 N–H and O–H groups in total. The lowest BCUT2D eigenvalue weighted by Gasteiger charge is -2.15. The number of nitriles is 1. The van der Waals surface area contributed by atoms with E-state index in [1.165, 1.54) is 21.5 Å². The summed E-state index contributed by atoms with van der Waals surface area (Å²) < 4.78 is 0. The van der Waals surface area contributed by atoms with E-state index in [0.717, 1.165) is 22.3 Å². The Labute approximate surface area is 174 Å². The van der Waals surface area contributed by atoms with Crippen LogP contribution in [0.2, 0.25) is 5.02 Å². The third-order valence-electron chi connectivity index (χ3n) is 5.40. The molecule has 5 aromatic carbocycles. The molecular weight excluding hydrogens is 374 g/mol. The summed E-state index contributed by atoms with van der Waals surface area (Å²) in [5, 5.41) is 15.1. The van der Waals surface area contributed by atoms with Gasteiger partial charge >= 0.3 is 0 Å². The molecule has 5 rings (SSSR count).